The molecule has 0 bridgehead atoms. The van der Waals surface area contributed by atoms with Gasteiger partial charge in [0.1, 0.15) is 5.75 Å². The molecule has 0 aliphatic rings. The number of methoxy groups -OCH3 is 1. The van der Waals surface area contributed by atoms with Gasteiger partial charge in [-0.15, -0.1) is 11.8 Å². The molecule has 1 atom stereocenters. The fraction of sp³-hybridized carbons (Fsp3) is 0.250. The summed E-state index contributed by atoms with van der Waals surface area (Å²) in [5.41, 5.74) is 0.926. The predicted octanol–water partition coefficient (Wildman–Crippen LogP) is 3.46. The number of ether oxygens (including phenoxy) is 1. The van der Waals surface area contributed by atoms with E-state index in [0.29, 0.717) is 5.75 Å². The molecule has 2 rings (SSSR count). The molecule has 22 heavy (non-hydrogen) atoms. The molecule has 4 nitrogen and oxygen atoms in total. The first kappa shape index (κ1) is 16.9. The van der Waals surface area contributed by atoms with Crippen LogP contribution in [0.25, 0.3) is 0 Å². The third kappa shape index (κ3) is 4.03. The number of rotatable bonds is 6. The van der Waals surface area contributed by atoms with Gasteiger partial charge in [0.05, 0.1) is 12.0 Å². The van der Waals surface area contributed by atoms with Crippen molar-refractivity contribution < 1.29 is 13.2 Å². The summed E-state index contributed by atoms with van der Waals surface area (Å²) in [4.78, 5) is 1.37. The Kier molecular flexibility index (Phi) is 5.50. The molecule has 118 valence electrons. The van der Waals surface area contributed by atoms with E-state index < -0.39 is 10.0 Å². The van der Waals surface area contributed by atoms with E-state index in [1.54, 1.807) is 31.0 Å². The normalized spacial score (nSPS) is 12.9. The molecule has 1 N–H and O–H groups in total. The Labute approximate surface area is 135 Å². The molecule has 0 aliphatic carbocycles. The van der Waals surface area contributed by atoms with Crippen LogP contribution in [0.5, 0.6) is 5.75 Å². The Hall–Kier alpha value is -1.50. The third-order valence-electron chi connectivity index (χ3n) is 3.32. The van der Waals surface area contributed by atoms with E-state index in [1.165, 1.54) is 12.1 Å². The highest BCUT2D eigenvalue weighted by Crippen LogP contribution is 2.21. The molecule has 0 aliphatic heterocycles. The van der Waals surface area contributed by atoms with Crippen LogP contribution in [0.2, 0.25) is 0 Å². The Balaban J connectivity index is 2.15. The van der Waals surface area contributed by atoms with Gasteiger partial charge in [-0.2, -0.15) is 0 Å². The maximum Gasteiger partial charge on any atom is 0.241 e. The van der Waals surface area contributed by atoms with Crippen molar-refractivity contribution in [3.8, 4) is 5.75 Å². The number of hydrogen-bond donors (Lipinski definition) is 1. The van der Waals surface area contributed by atoms with Gasteiger partial charge in [-0.05, 0) is 55.1 Å². The summed E-state index contributed by atoms with van der Waals surface area (Å²) >= 11 is 1.65. The van der Waals surface area contributed by atoms with Crippen molar-refractivity contribution in [3.63, 3.8) is 0 Å². The quantitative estimate of drug-likeness (QED) is 0.820. The lowest BCUT2D eigenvalue weighted by Crippen LogP contribution is -2.26. The predicted molar refractivity (Wildman–Crippen MR) is 90.0 cm³/mol. The molecular formula is C16H19NO3S2. The van der Waals surface area contributed by atoms with Crippen molar-refractivity contribution in [2.24, 2.45) is 0 Å². The molecule has 0 radical (unpaired) electrons. The smallest absolute Gasteiger partial charge is 0.241 e. The molecule has 0 saturated carbocycles. The minimum absolute atomic E-state index is 0.223. The Morgan fingerprint density at radius 3 is 2.14 bits per heavy atom. The minimum Gasteiger partial charge on any atom is -0.497 e. The van der Waals surface area contributed by atoms with Crippen LogP contribution in [0.4, 0.5) is 0 Å². The van der Waals surface area contributed by atoms with Gasteiger partial charge in [0.25, 0.3) is 0 Å². The lowest BCUT2D eigenvalue weighted by molar-refractivity contribution is 0.414. The first-order valence-electron chi connectivity index (χ1n) is 6.76. The standard InChI is InChI=1S/C16H19NO3S2/c1-12(13-4-8-15(21-3)9-5-13)17-22(18,19)16-10-6-14(20-2)7-11-16/h4-12,17H,1-3H3. The lowest BCUT2D eigenvalue weighted by Gasteiger charge is -2.15. The van der Waals surface area contributed by atoms with Gasteiger partial charge in [-0.1, -0.05) is 12.1 Å². The second kappa shape index (κ2) is 7.17. The summed E-state index contributed by atoms with van der Waals surface area (Å²) < 4.78 is 32.5. The van der Waals surface area contributed by atoms with Crippen LogP contribution in [0.1, 0.15) is 18.5 Å². The van der Waals surface area contributed by atoms with E-state index in [0.717, 1.165) is 10.5 Å². The maximum atomic E-state index is 12.4. The summed E-state index contributed by atoms with van der Waals surface area (Å²) in [5.74, 6) is 0.625. The van der Waals surface area contributed by atoms with Gasteiger partial charge in [-0.3, -0.25) is 0 Å². The summed E-state index contributed by atoms with van der Waals surface area (Å²) in [6.45, 7) is 1.83. The molecular weight excluding hydrogens is 318 g/mol. The molecule has 0 heterocycles. The molecule has 1 unspecified atom stereocenters. The van der Waals surface area contributed by atoms with Crippen molar-refractivity contribution >= 4 is 21.8 Å². The van der Waals surface area contributed by atoms with Crippen molar-refractivity contribution in [2.75, 3.05) is 13.4 Å². The number of nitrogens with one attached hydrogen (secondary N) is 1. The SMILES string of the molecule is COc1ccc(S(=O)(=O)NC(C)c2ccc(SC)cc2)cc1. The first-order chi connectivity index (χ1) is 10.5. The Morgan fingerprint density at radius 2 is 1.64 bits per heavy atom. The van der Waals surface area contributed by atoms with Crippen LogP contribution in [0, 0.1) is 0 Å². The van der Waals surface area contributed by atoms with Crippen molar-refractivity contribution in [2.45, 2.75) is 22.8 Å². The largest absolute Gasteiger partial charge is 0.497 e. The summed E-state index contributed by atoms with van der Waals surface area (Å²) in [6, 6.07) is 13.9. The number of thioether (sulfide) groups is 1. The molecule has 2 aromatic carbocycles. The average Bonchev–Trinajstić information content (AvgIpc) is 2.54. The lowest BCUT2D eigenvalue weighted by atomic mass is 10.1. The highest BCUT2D eigenvalue weighted by atomic mass is 32.2. The van der Waals surface area contributed by atoms with Gasteiger partial charge < -0.3 is 4.74 Å². The number of benzene rings is 2. The Bertz CT molecular complexity index is 710. The van der Waals surface area contributed by atoms with Gasteiger partial charge in [0.2, 0.25) is 10.0 Å². The van der Waals surface area contributed by atoms with Crippen molar-refractivity contribution in [3.05, 3.63) is 54.1 Å². The van der Waals surface area contributed by atoms with Crippen LogP contribution < -0.4 is 9.46 Å². The van der Waals surface area contributed by atoms with E-state index in [-0.39, 0.29) is 10.9 Å². The molecule has 6 heteroatoms. The highest BCUT2D eigenvalue weighted by molar-refractivity contribution is 7.98. The minimum atomic E-state index is -3.56. The van der Waals surface area contributed by atoms with Crippen molar-refractivity contribution in [1.82, 2.24) is 4.72 Å². The van der Waals surface area contributed by atoms with Crippen LogP contribution in [0.3, 0.4) is 0 Å². The zero-order valence-electron chi connectivity index (χ0n) is 12.7. The van der Waals surface area contributed by atoms with Gasteiger partial charge >= 0.3 is 0 Å². The van der Waals surface area contributed by atoms with Crippen LogP contribution in [0.15, 0.2) is 58.3 Å². The third-order valence-corrected chi connectivity index (χ3v) is 5.62. The number of hydrogen-bond acceptors (Lipinski definition) is 4. The fourth-order valence-corrected chi connectivity index (χ4v) is 3.66. The topological polar surface area (TPSA) is 55.4 Å². The second-order valence-electron chi connectivity index (χ2n) is 4.79. The maximum absolute atomic E-state index is 12.4. The first-order valence-corrected chi connectivity index (χ1v) is 9.47. The molecule has 0 spiro atoms. The second-order valence-corrected chi connectivity index (χ2v) is 7.39. The van der Waals surface area contributed by atoms with E-state index in [1.807, 2.05) is 37.4 Å². The average molecular weight is 337 g/mol. The monoisotopic (exact) mass is 337 g/mol. The number of sulfonamides is 1. The zero-order valence-corrected chi connectivity index (χ0v) is 14.4. The van der Waals surface area contributed by atoms with E-state index in [2.05, 4.69) is 4.72 Å². The van der Waals surface area contributed by atoms with Crippen LogP contribution in [-0.2, 0) is 10.0 Å². The van der Waals surface area contributed by atoms with E-state index in [4.69, 9.17) is 4.74 Å². The summed E-state index contributed by atoms with van der Waals surface area (Å²) in [6.07, 6.45) is 2.00. The summed E-state index contributed by atoms with van der Waals surface area (Å²) in [5, 5.41) is 0. The molecule has 0 saturated heterocycles. The molecule has 0 amide bonds. The van der Waals surface area contributed by atoms with Gasteiger partial charge in [-0.25, -0.2) is 13.1 Å². The molecule has 0 aromatic heterocycles. The highest BCUT2D eigenvalue weighted by Gasteiger charge is 2.18. The fourth-order valence-electron chi connectivity index (χ4n) is 2.02. The van der Waals surface area contributed by atoms with E-state index >= 15 is 0 Å². The van der Waals surface area contributed by atoms with E-state index in [9.17, 15) is 8.42 Å². The van der Waals surface area contributed by atoms with Gasteiger partial charge in [0.15, 0.2) is 0 Å². The summed E-state index contributed by atoms with van der Waals surface area (Å²) in [7, 11) is -2.02. The van der Waals surface area contributed by atoms with Crippen LogP contribution in [-0.4, -0.2) is 21.8 Å². The van der Waals surface area contributed by atoms with Crippen LogP contribution >= 0.6 is 11.8 Å². The van der Waals surface area contributed by atoms with Gasteiger partial charge in [0, 0.05) is 10.9 Å². The van der Waals surface area contributed by atoms with Crippen molar-refractivity contribution in [1.29, 1.82) is 0 Å². The molecule has 0 fully saturated rings. The zero-order chi connectivity index (χ0) is 16.2. The Morgan fingerprint density at radius 1 is 1.05 bits per heavy atom. The molecule has 2 aromatic rings.